The number of amides is 1. The molecule has 1 amide bonds. The second-order valence-corrected chi connectivity index (χ2v) is 7.29. The van der Waals surface area contributed by atoms with Crippen LogP contribution in [0.1, 0.15) is 12.0 Å². The smallest absolute Gasteiger partial charge is 0.232 e. The molecule has 2 aromatic heterocycles. The highest BCUT2D eigenvalue weighted by molar-refractivity contribution is 7.22. The minimum atomic E-state index is -0.0908. The predicted octanol–water partition coefficient (Wildman–Crippen LogP) is 4.90. The molecule has 0 fully saturated rings. The van der Waals surface area contributed by atoms with Crippen LogP contribution in [-0.4, -0.2) is 29.6 Å². The minimum absolute atomic E-state index is 0.0908. The molecule has 6 nitrogen and oxygen atoms in total. The largest absolute Gasteiger partial charge is 0.497 e. The van der Waals surface area contributed by atoms with Gasteiger partial charge in [-0.3, -0.25) is 14.7 Å². The fraction of sp³-hybridized carbons (Fsp3) is 0.174. The lowest BCUT2D eigenvalue weighted by Crippen LogP contribution is -2.31. The van der Waals surface area contributed by atoms with Gasteiger partial charge in [-0.25, -0.2) is 4.98 Å². The molecule has 2 heterocycles. The Labute approximate surface area is 179 Å². The molecule has 1 aromatic carbocycles. The third-order valence-corrected chi connectivity index (χ3v) is 5.29. The van der Waals surface area contributed by atoms with E-state index in [9.17, 15) is 4.79 Å². The number of nitrogens with zero attached hydrogens (tertiary/aromatic N) is 3. The molecule has 0 bridgehead atoms. The van der Waals surface area contributed by atoms with E-state index in [-0.39, 0.29) is 18.9 Å². The van der Waals surface area contributed by atoms with E-state index in [0.717, 1.165) is 21.5 Å². The van der Waals surface area contributed by atoms with Crippen LogP contribution >= 0.6 is 11.3 Å². The van der Waals surface area contributed by atoms with Gasteiger partial charge in [-0.15, -0.1) is 0 Å². The number of aromatic nitrogens is 2. The number of hydrogen-bond acceptors (Lipinski definition) is 6. The number of thiazole rings is 1. The van der Waals surface area contributed by atoms with Crippen molar-refractivity contribution in [1.82, 2.24) is 9.97 Å². The van der Waals surface area contributed by atoms with Crippen molar-refractivity contribution in [3.63, 3.8) is 0 Å². The Morgan fingerprint density at radius 1 is 1.30 bits per heavy atom. The molecule has 0 N–H and O–H groups in total. The maximum Gasteiger partial charge on any atom is 0.232 e. The van der Waals surface area contributed by atoms with Gasteiger partial charge in [-0.1, -0.05) is 36.6 Å². The second kappa shape index (κ2) is 10.4. The van der Waals surface area contributed by atoms with Crippen molar-refractivity contribution < 1.29 is 14.3 Å². The molecular weight excluding hydrogens is 398 g/mol. The van der Waals surface area contributed by atoms with Crippen LogP contribution in [0.3, 0.4) is 0 Å². The van der Waals surface area contributed by atoms with Gasteiger partial charge in [0.15, 0.2) is 5.13 Å². The first-order valence-corrected chi connectivity index (χ1v) is 10.2. The van der Waals surface area contributed by atoms with E-state index >= 15 is 0 Å². The van der Waals surface area contributed by atoms with E-state index in [1.54, 1.807) is 42.6 Å². The zero-order valence-electron chi connectivity index (χ0n) is 16.8. The normalized spacial score (nSPS) is 11.2. The van der Waals surface area contributed by atoms with Crippen molar-refractivity contribution in [2.75, 3.05) is 18.6 Å². The molecule has 0 atom stereocenters. The van der Waals surface area contributed by atoms with Gasteiger partial charge in [0.25, 0.3) is 0 Å². The standard InChI is InChI=1S/C23H23N3O3S/c1-4-7-18(5-2)29-13-11-22(27)26(16-17-8-6-12-24-15-17)23-25-20-10-9-19(28-3)14-21(20)30-23/h4-10,12,14-15H,1-2,11,13,16H2,3H3/b18-7+. The van der Waals surface area contributed by atoms with E-state index in [1.165, 1.54) is 11.3 Å². The van der Waals surface area contributed by atoms with Crippen LogP contribution in [0.15, 0.2) is 79.9 Å². The molecule has 0 radical (unpaired) electrons. The molecule has 0 saturated carbocycles. The van der Waals surface area contributed by atoms with Crippen LogP contribution in [0.2, 0.25) is 0 Å². The Bertz CT molecular complexity index is 1060. The molecule has 3 rings (SSSR count). The summed E-state index contributed by atoms with van der Waals surface area (Å²) in [5.41, 5.74) is 1.74. The average Bonchev–Trinajstić information content (AvgIpc) is 3.20. The molecule has 0 aliphatic heterocycles. The topological polar surface area (TPSA) is 64.5 Å². The summed E-state index contributed by atoms with van der Waals surface area (Å²) in [5, 5.41) is 0.623. The molecule has 0 aliphatic carbocycles. The van der Waals surface area contributed by atoms with Crippen LogP contribution in [0.25, 0.3) is 10.2 Å². The Hall–Kier alpha value is -3.45. The quantitative estimate of drug-likeness (QED) is 0.344. The average molecular weight is 422 g/mol. The Balaban J connectivity index is 1.83. The van der Waals surface area contributed by atoms with Crippen molar-refractivity contribution in [3.8, 4) is 5.75 Å². The fourth-order valence-electron chi connectivity index (χ4n) is 2.75. The molecule has 0 saturated heterocycles. The number of pyridine rings is 1. The number of allylic oxidation sites excluding steroid dienone is 3. The number of ether oxygens (including phenoxy) is 2. The van der Waals surface area contributed by atoms with Crippen LogP contribution < -0.4 is 9.64 Å². The van der Waals surface area contributed by atoms with Gasteiger partial charge in [0.05, 0.1) is 36.9 Å². The number of fused-ring (bicyclic) bond motifs is 1. The first kappa shape index (κ1) is 21.3. The van der Waals surface area contributed by atoms with E-state index in [2.05, 4.69) is 23.1 Å². The van der Waals surface area contributed by atoms with Crippen molar-refractivity contribution in [2.45, 2.75) is 13.0 Å². The van der Waals surface area contributed by atoms with E-state index in [0.29, 0.717) is 17.4 Å². The van der Waals surface area contributed by atoms with Crippen LogP contribution in [-0.2, 0) is 16.1 Å². The lowest BCUT2D eigenvalue weighted by atomic mass is 10.2. The summed E-state index contributed by atoms with van der Waals surface area (Å²) in [6.07, 6.45) is 8.54. The lowest BCUT2D eigenvalue weighted by Gasteiger charge is -2.20. The maximum absolute atomic E-state index is 13.1. The number of carbonyl (C=O) groups is 1. The van der Waals surface area contributed by atoms with Crippen molar-refractivity contribution in [1.29, 1.82) is 0 Å². The minimum Gasteiger partial charge on any atom is -0.497 e. The first-order valence-electron chi connectivity index (χ1n) is 9.36. The molecular formula is C23H23N3O3S. The SMILES string of the molecule is C=C/C=C(\C=C)OCCC(=O)N(Cc1cccnc1)c1nc2ccc(OC)cc2s1. The summed E-state index contributed by atoms with van der Waals surface area (Å²) in [5.74, 6) is 1.23. The third-order valence-electron chi connectivity index (χ3n) is 4.25. The van der Waals surface area contributed by atoms with Gasteiger partial charge >= 0.3 is 0 Å². The molecule has 0 spiro atoms. The summed E-state index contributed by atoms with van der Waals surface area (Å²) < 4.78 is 11.9. The fourth-order valence-corrected chi connectivity index (χ4v) is 3.76. The molecule has 0 aliphatic rings. The molecule has 154 valence electrons. The van der Waals surface area contributed by atoms with Crippen molar-refractivity contribution >= 4 is 32.6 Å². The van der Waals surface area contributed by atoms with E-state index < -0.39 is 0 Å². The Morgan fingerprint density at radius 3 is 2.87 bits per heavy atom. The highest BCUT2D eigenvalue weighted by Crippen LogP contribution is 2.32. The predicted molar refractivity (Wildman–Crippen MR) is 121 cm³/mol. The number of rotatable bonds is 10. The number of hydrogen-bond donors (Lipinski definition) is 0. The molecule has 7 heteroatoms. The summed E-state index contributed by atoms with van der Waals surface area (Å²) in [6, 6.07) is 9.45. The maximum atomic E-state index is 13.1. The van der Waals surface area contributed by atoms with Gasteiger partial charge in [-0.05, 0) is 42.0 Å². The summed E-state index contributed by atoms with van der Waals surface area (Å²) in [4.78, 5) is 23.6. The zero-order valence-corrected chi connectivity index (χ0v) is 17.6. The zero-order chi connectivity index (χ0) is 21.3. The third kappa shape index (κ3) is 5.33. The van der Waals surface area contributed by atoms with Crippen molar-refractivity contribution in [3.05, 3.63) is 85.4 Å². The number of anilines is 1. The number of benzene rings is 1. The highest BCUT2D eigenvalue weighted by Gasteiger charge is 2.20. The van der Waals surface area contributed by atoms with Crippen molar-refractivity contribution in [2.24, 2.45) is 0 Å². The van der Waals surface area contributed by atoms with Gasteiger partial charge in [0.1, 0.15) is 11.5 Å². The molecule has 30 heavy (non-hydrogen) atoms. The monoisotopic (exact) mass is 421 g/mol. The van der Waals surface area contributed by atoms with E-state index in [1.807, 2.05) is 30.3 Å². The first-order chi connectivity index (χ1) is 14.6. The second-order valence-electron chi connectivity index (χ2n) is 6.28. The van der Waals surface area contributed by atoms with Gasteiger partial charge in [0, 0.05) is 12.4 Å². The number of carbonyl (C=O) groups excluding carboxylic acids is 1. The van der Waals surface area contributed by atoms with Crippen LogP contribution in [0.4, 0.5) is 5.13 Å². The number of methoxy groups -OCH3 is 1. The Morgan fingerprint density at radius 2 is 2.17 bits per heavy atom. The summed E-state index contributed by atoms with van der Waals surface area (Å²) in [6.45, 7) is 7.94. The lowest BCUT2D eigenvalue weighted by molar-refractivity contribution is -0.119. The summed E-state index contributed by atoms with van der Waals surface area (Å²) >= 11 is 1.45. The van der Waals surface area contributed by atoms with Gasteiger partial charge in [-0.2, -0.15) is 0 Å². The summed E-state index contributed by atoms with van der Waals surface area (Å²) in [7, 11) is 1.62. The van der Waals surface area contributed by atoms with Crippen LogP contribution in [0.5, 0.6) is 5.75 Å². The molecule has 0 unspecified atom stereocenters. The van der Waals surface area contributed by atoms with Gasteiger partial charge in [0.2, 0.25) is 5.91 Å². The van der Waals surface area contributed by atoms with Crippen LogP contribution in [0, 0.1) is 0 Å². The van der Waals surface area contributed by atoms with Gasteiger partial charge < -0.3 is 9.47 Å². The molecule has 3 aromatic rings. The Kier molecular flexibility index (Phi) is 7.34. The van der Waals surface area contributed by atoms with E-state index in [4.69, 9.17) is 9.47 Å². The highest BCUT2D eigenvalue weighted by atomic mass is 32.1.